The molecule has 7 heteroatoms. The van der Waals surface area contributed by atoms with E-state index in [9.17, 15) is 12.8 Å². The minimum absolute atomic E-state index is 0.146. The van der Waals surface area contributed by atoms with Crippen molar-refractivity contribution in [2.75, 3.05) is 13.7 Å². The normalized spacial score (nSPS) is 17.8. The number of aliphatic hydroxyl groups excluding tert-OH is 1. The van der Waals surface area contributed by atoms with Gasteiger partial charge in [-0.15, -0.1) is 0 Å². The number of halogens is 1. The highest BCUT2D eigenvalue weighted by Crippen LogP contribution is 2.34. The zero-order valence-electron chi connectivity index (χ0n) is 11.2. The second-order valence-corrected chi connectivity index (χ2v) is 6.71. The summed E-state index contributed by atoms with van der Waals surface area (Å²) in [4.78, 5) is -0.231. The van der Waals surface area contributed by atoms with Gasteiger partial charge in [-0.25, -0.2) is 17.5 Å². The van der Waals surface area contributed by atoms with E-state index in [0.717, 1.165) is 31.4 Å². The number of hydrogen-bond acceptors (Lipinski definition) is 4. The van der Waals surface area contributed by atoms with Crippen molar-refractivity contribution in [1.29, 1.82) is 0 Å². The van der Waals surface area contributed by atoms with Crippen LogP contribution in [0.2, 0.25) is 0 Å². The number of nitrogens with one attached hydrogen (secondary N) is 1. The van der Waals surface area contributed by atoms with Gasteiger partial charge in [0.1, 0.15) is 5.82 Å². The molecule has 0 unspecified atom stereocenters. The van der Waals surface area contributed by atoms with Crippen molar-refractivity contribution in [1.82, 2.24) is 4.72 Å². The van der Waals surface area contributed by atoms with Gasteiger partial charge in [-0.05, 0) is 37.0 Å². The summed E-state index contributed by atoms with van der Waals surface area (Å²) in [6, 6.07) is 3.29. The number of ether oxygens (including phenoxy) is 1. The van der Waals surface area contributed by atoms with Crippen LogP contribution < -0.4 is 4.72 Å². The molecule has 0 saturated heterocycles. The molecular formula is C13H18FNO4S. The van der Waals surface area contributed by atoms with Gasteiger partial charge in [-0.1, -0.05) is 6.07 Å². The summed E-state index contributed by atoms with van der Waals surface area (Å²) in [5, 5.41) is 9.16. The number of hydrogen-bond donors (Lipinski definition) is 2. The van der Waals surface area contributed by atoms with Gasteiger partial charge in [0.2, 0.25) is 10.0 Å². The zero-order chi connectivity index (χ0) is 14.8. The van der Waals surface area contributed by atoms with Crippen molar-refractivity contribution in [3.05, 3.63) is 29.6 Å². The van der Waals surface area contributed by atoms with Crippen LogP contribution in [0.3, 0.4) is 0 Å². The Hall–Kier alpha value is -1.02. The molecule has 0 bridgehead atoms. The summed E-state index contributed by atoms with van der Waals surface area (Å²) < 4.78 is 45.5. The van der Waals surface area contributed by atoms with Crippen LogP contribution in [-0.4, -0.2) is 32.8 Å². The Kier molecular flexibility index (Phi) is 4.43. The van der Waals surface area contributed by atoms with E-state index in [1.807, 2.05) is 0 Å². The van der Waals surface area contributed by atoms with Gasteiger partial charge in [-0.2, -0.15) is 0 Å². The summed E-state index contributed by atoms with van der Waals surface area (Å²) in [6.07, 6.45) is 2.58. The third-order valence-electron chi connectivity index (χ3n) is 3.77. The lowest BCUT2D eigenvalue weighted by atomic mass is 9.80. The van der Waals surface area contributed by atoms with Crippen LogP contribution in [0.5, 0.6) is 0 Å². The highest BCUT2D eigenvalue weighted by Gasteiger charge is 2.38. The molecule has 0 amide bonds. The quantitative estimate of drug-likeness (QED) is 0.827. The monoisotopic (exact) mass is 303 g/mol. The zero-order valence-corrected chi connectivity index (χ0v) is 12.0. The molecule has 2 N–H and O–H groups in total. The molecule has 0 spiro atoms. The second-order valence-electron chi connectivity index (χ2n) is 4.98. The smallest absolute Gasteiger partial charge is 0.241 e. The van der Waals surface area contributed by atoms with Crippen LogP contribution >= 0.6 is 0 Å². The maximum absolute atomic E-state index is 13.2. The number of benzene rings is 1. The Morgan fingerprint density at radius 3 is 2.65 bits per heavy atom. The summed E-state index contributed by atoms with van der Waals surface area (Å²) in [7, 11) is -2.32. The molecule has 0 atom stereocenters. The van der Waals surface area contributed by atoms with Gasteiger partial charge in [0.25, 0.3) is 0 Å². The molecule has 0 aromatic heterocycles. The molecule has 1 aliphatic rings. The lowest BCUT2D eigenvalue weighted by Crippen LogP contribution is -2.49. The van der Waals surface area contributed by atoms with Crippen molar-refractivity contribution in [3.63, 3.8) is 0 Å². The average Bonchev–Trinajstić information content (AvgIpc) is 2.38. The van der Waals surface area contributed by atoms with Gasteiger partial charge < -0.3 is 9.84 Å². The second kappa shape index (κ2) is 5.77. The van der Waals surface area contributed by atoms with Crippen molar-refractivity contribution in [2.24, 2.45) is 0 Å². The van der Waals surface area contributed by atoms with Crippen molar-refractivity contribution in [3.8, 4) is 0 Å². The van der Waals surface area contributed by atoms with E-state index in [2.05, 4.69) is 4.72 Å². The van der Waals surface area contributed by atoms with Crippen molar-refractivity contribution < 1.29 is 22.7 Å². The Bertz CT molecular complexity index is 579. The number of methoxy groups -OCH3 is 1. The molecule has 1 aromatic rings. The fourth-order valence-corrected chi connectivity index (χ4v) is 3.59. The van der Waals surface area contributed by atoms with E-state index >= 15 is 0 Å². The fourth-order valence-electron chi connectivity index (χ4n) is 2.24. The molecule has 1 fully saturated rings. The van der Waals surface area contributed by atoms with Crippen LogP contribution in [-0.2, 0) is 21.4 Å². The standard InChI is InChI=1S/C13H18FNO4S/c1-19-13(5-2-6-13)9-15-20(17,18)12-7-11(14)4-3-10(12)8-16/h3-4,7,15-16H,2,5-6,8-9H2,1H3. The van der Waals surface area contributed by atoms with Gasteiger partial charge in [0.05, 0.1) is 17.1 Å². The van der Waals surface area contributed by atoms with Crippen LogP contribution in [0, 0.1) is 5.82 Å². The predicted octanol–water partition coefficient (Wildman–Crippen LogP) is 1.17. The molecule has 2 rings (SSSR count). The lowest BCUT2D eigenvalue weighted by molar-refractivity contribution is -0.0659. The van der Waals surface area contributed by atoms with E-state index in [4.69, 9.17) is 9.84 Å². The number of sulfonamides is 1. The van der Waals surface area contributed by atoms with Crippen LogP contribution in [0.25, 0.3) is 0 Å². The van der Waals surface area contributed by atoms with E-state index in [1.165, 1.54) is 6.07 Å². The van der Waals surface area contributed by atoms with E-state index in [0.29, 0.717) is 0 Å². The third kappa shape index (κ3) is 3.01. The van der Waals surface area contributed by atoms with Crippen LogP contribution in [0.1, 0.15) is 24.8 Å². The maximum atomic E-state index is 13.2. The highest BCUT2D eigenvalue weighted by molar-refractivity contribution is 7.89. The molecule has 112 valence electrons. The summed E-state index contributed by atoms with van der Waals surface area (Å²) in [5.41, 5.74) is -0.293. The maximum Gasteiger partial charge on any atom is 0.241 e. The highest BCUT2D eigenvalue weighted by atomic mass is 32.2. The van der Waals surface area contributed by atoms with Crippen LogP contribution in [0.4, 0.5) is 4.39 Å². The fraction of sp³-hybridized carbons (Fsp3) is 0.538. The molecule has 1 aliphatic carbocycles. The first-order valence-corrected chi connectivity index (χ1v) is 7.85. The number of aliphatic hydroxyl groups is 1. The topological polar surface area (TPSA) is 75.6 Å². The lowest BCUT2D eigenvalue weighted by Gasteiger charge is -2.40. The molecule has 0 radical (unpaired) electrons. The molecule has 0 aliphatic heterocycles. The summed E-state index contributed by atoms with van der Waals surface area (Å²) >= 11 is 0. The Labute approximate surface area is 117 Å². The summed E-state index contributed by atoms with van der Waals surface area (Å²) in [5.74, 6) is -0.660. The van der Waals surface area contributed by atoms with Crippen molar-refractivity contribution in [2.45, 2.75) is 36.4 Å². The minimum atomic E-state index is -3.88. The number of rotatable bonds is 6. The molecule has 1 saturated carbocycles. The third-order valence-corrected chi connectivity index (χ3v) is 5.25. The van der Waals surface area contributed by atoms with Gasteiger partial charge in [0, 0.05) is 13.7 Å². The first kappa shape index (κ1) is 15.4. The largest absolute Gasteiger partial charge is 0.392 e. The SMILES string of the molecule is COC1(CNS(=O)(=O)c2cc(F)ccc2CO)CCC1. The molecule has 20 heavy (non-hydrogen) atoms. The Balaban J connectivity index is 2.20. The Morgan fingerprint density at radius 1 is 1.45 bits per heavy atom. The minimum Gasteiger partial charge on any atom is -0.392 e. The van der Waals surface area contributed by atoms with Gasteiger partial charge in [-0.3, -0.25) is 0 Å². The van der Waals surface area contributed by atoms with E-state index < -0.39 is 28.0 Å². The van der Waals surface area contributed by atoms with Crippen molar-refractivity contribution >= 4 is 10.0 Å². The van der Waals surface area contributed by atoms with Gasteiger partial charge in [0.15, 0.2) is 0 Å². The Morgan fingerprint density at radius 2 is 2.15 bits per heavy atom. The predicted molar refractivity (Wildman–Crippen MR) is 71.1 cm³/mol. The van der Waals surface area contributed by atoms with Crippen LogP contribution in [0.15, 0.2) is 23.1 Å². The molecule has 1 aromatic carbocycles. The molecular weight excluding hydrogens is 285 g/mol. The molecule has 5 nitrogen and oxygen atoms in total. The average molecular weight is 303 g/mol. The molecule has 0 heterocycles. The first-order chi connectivity index (χ1) is 9.42. The van der Waals surface area contributed by atoms with Gasteiger partial charge >= 0.3 is 0 Å². The summed E-state index contributed by atoms with van der Waals surface area (Å²) in [6.45, 7) is -0.320. The van der Waals surface area contributed by atoms with E-state index in [1.54, 1.807) is 7.11 Å². The first-order valence-electron chi connectivity index (χ1n) is 6.36. The van der Waals surface area contributed by atoms with E-state index in [-0.39, 0.29) is 17.0 Å².